The molecule has 7 nitrogen and oxygen atoms in total. The summed E-state index contributed by atoms with van der Waals surface area (Å²) in [5, 5.41) is 2.89. The van der Waals surface area contributed by atoms with E-state index in [1.54, 1.807) is 24.3 Å². The van der Waals surface area contributed by atoms with E-state index in [9.17, 15) is 13.2 Å². The maximum absolute atomic E-state index is 12.5. The van der Waals surface area contributed by atoms with E-state index in [-0.39, 0.29) is 11.7 Å². The van der Waals surface area contributed by atoms with Crippen LogP contribution in [0.5, 0.6) is 5.75 Å². The number of hydrogen-bond donors (Lipinski definition) is 1. The molecule has 0 radical (unpaired) electrons. The highest BCUT2D eigenvalue weighted by Crippen LogP contribution is 2.16. The first-order valence-electron chi connectivity index (χ1n) is 10.8. The molecule has 2 aromatic rings. The Morgan fingerprint density at radius 1 is 1.12 bits per heavy atom. The zero-order valence-electron chi connectivity index (χ0n) is 18.7. The molecule has 1 aliphatic rings. The number of hydrogen-bond acceptors (Lipinski definition) is 6. The number of nitrogens with one attached hydrogen (secondary N) is 1. The summed E-state index contributed by atoms with van der Waals surface area (Å²) in [6.07, 6.45) is 3.30. The first-order chi connectivity index (χ1) is 15.3. The number of ether oxygens (including phenoxy) is 2. The normalized spacial score (nSPS) is 15.0. The minimum atomic E-state index is -3.15. The van der Waals surface area contributed by atoms with Crippen LogP contribution in [0.2, 0.25) is 0 Å². The van der Waals surface area contributed by atoms with Gasteiger partial charge in [-0.2, -0.15) is 0 Å². The van der Waals surface area contributed by atoms with Crippen molar-refractivity contribution < 1.29 is 22.7 Å². The third-order valence-electron chi connectivity index (χ3n) is 5.50. The second-order valence-electron chi connectivity index (χ2n) is 8.27. The molecule has 0 saturated carbocycles. The fraction of sp³-hybridized carbons (Fsp3) is 0.458. The van der Waals surface area contributed by atoms with Crippen molar-refractivity contribution in [3.05, 3.63) is 65.2 Å². The van der Waals surface area contributed by atoms with E-state index in [0.29, 0.717) is 30.3 Å². The lowest BCUT2D eigenvalue weighted by Crippen LogP contribution is -2.38. The molecule has 0 aliphatic carbocycles. The molecule has 1 saturated heterocycles. The number of rotatable bonds is 10. The molecular formula is C24H32N2O5S. The lowest BCUT2D eigenvalue weighted by atomic mass is 10.1. The Morgan fingerprint density at radius 2 is 1.84 bits per heavy atom. The van der Waals surface area contributed by atoms with E-state index < -0.39 is 9.84 Å². The fourth-order valence-corrected chi connectivity index (χ4v) is 4.54. The Kier molecular flexibility index (Phi) is 8.67. The monoisotopic (exact) mass is 460 g/mol. The molecule has 32 heavy (non-hydrogen) atoms. The van der Waals surface area contributed by atoms with Gasteiger partial charge in [0.05, 0.1) is 5.75 Å². The minimum Gasteiger partial charge on any atom is -0.492 e. The molecule has 0 aromatic heterocycles. The summed E-state index contributed by atoms with van der Waals surface area (Å²) >= 11 is 0. The van der Waals surface area contributed by atoms with E-state index in [0.717, 1.165) is 43.9 Å². The zero-order chi connectivity index (χ0) is 23.0. The molecule has 8 heteroatoms. The van der Waals surface area contributed by atoms with Crippen LogP contribution in [-0.4, -0.2) is 64.9 Å². The van der Waals surface area contributed by atoms with Crippen LogP contribution in [-0.2, 0) is 26.9 Å². The van der Waals surface area contributed by atoms with Gasteiger partial charge in [-0.1, -0.05) is 24.3 Å². The van der Waals surface area contributed by atoms with Crippen molar-refractivity contribution in [3.8, 4) is 5.75 Å². The van der Waals surface area contributed by atoms with Crippen LogP contribution in [0.4, 0.5) is 0 Å². The summed E-state index contributed by atoms with van der Waals surface area (Å²) in [6.45, 7) is 3.44. The van der Waals surface area contributed by atoms with Crippen molar-refractivity contribution >= 4 is 15.7 Å². The first kappa shape index (κ1) is 24.2. The van der Waals surface area contributed by atoms with Gasteiger partial charge in [0.15, 0.2) is 9.84 Å². The van der Waals surface area contributed by atoms with Gasteiger partial charge < -0.3 is 14.8 Å². The predicted octanol–water partition coefficient (Wildman–Crippen LogP) is 2.65. The SMILES string of the molecule is CN(CCOc1cccc(CNC(=O)c2cccc(CS(C)(=O)=O)c2)c1)C1CCOCC1. The highest BCUT2D eigenvalue weighted by atomic mass is 32.2. The van der Waals surface area contributed by atoms with Crippen LogP contribution in [0.15, 0.2) is 48.5 Å². The summed E-state index contributed by atoms with van der Waals surface area (Å²) in [7, 11) is -1.03. The molecule has 0 atom stereocenters. The van der Waals surface area contributed by atoms with Gasteiger partial charge in [-0.25, -0.2) is 8.42 Å². The first-order valence-corrected chi connectivity index (χ1v) is 12.9. The van der Waals surface area contributed by atoms with Crippen LogP contribution in [0.3, 0.4) is 0 Å². The van der Waals surface area contributed by atoms with Gasteiger partial charge in [0.25, 0.3) is 5.91 Å². The molecule has 1 aliphatic heterocycles. The van der Waals surface area contributed by atoms with Crippen LogP contribution in [0.25, 0.3) is 0 Å². The highest BCUT2D eigenvalue weighted by molar-refractivity contribution is 7.89. The number of amides is 1. The molecular weight excluding hydrogens is 428 g/mol. The highest BCUT2D eigenvalue weighted by Gasteiger charge is 2.18. The molecule has 3 rings (SSSR count). The van der Waals surface area contributed by atoms with E-state index >= 15 is 0 Å². The molecule has 0 spiro atoms. The van der Waals surface area contributed by atoms with Gasteiger partial charge in [-0.15, -0.1) is 0 Å². The number of sulfone groups is 1. The molecule has 174 valence electrons. The van der Waals surface area contributed by atoms with Crippen molar-refractivity contribution in [2.45, 2.75) is 31.2 Å². The summed E-state index contributed by atoms with van der Waals surface area (Å²) in [5.41, 5.74) is 1.97. The van der Waals surface area contributed by atoms with Crippen LogP contribution in [0, 0.1) is 0 Å². The second-order valence-corrected chi connectivity index (χ2v) is 10.4. The van der Waals surface area contributed by atoms with Gasteiger partial charge >= 0.3 is 0 Å². The maximum atomic E-state index is 12.5. The van der Waals surface area contributed by atoms with E-state index in [2.05, 4.69) is 17.3 Å². The van der Waals surface area contributed by atoms with Crippen molar-refractivity contribution in [3.63, 3.8) is 0 Å². The quantitative estimate of drug-likeness (QED) is 0.587. The molecule has 1 N–H and O–H groups in total. The number of likely N-dealkylation sites (N-methyl/N-ethyl adjacent to an activating group) is 1. The summed E-state index contributed by atoms with van der Waals surface area (Å²) in [5.74, 6) is 0.439. The molecule has 0 unspecified atom stereocenters. The average Bonchev–Trinajstić information content (AvgIpc) is 2.77. The Balaban J connectivity index is 1.48. The van der Waals surface area contributed by atoms with Crippen LogP contribution >= 0.6 is 0 Å². The number of nitrogens with zero attached hydrogens (tertiary/aromatic N) is 1. The summed E-state index contributed by atoms with van der Waals surface area (Å²) < 4.78 is 34.3. The van der Waals surface area contributed by atoms with Gasteiger partial charge in [0, 0.05) is 44.2 Å². The smallest absolute Gasteiger partial charge is 0.251 e. The van der Waals surface area contributed by atoms with E-state index in [1.165, 1.54) is 6.26 Å². The second kappa shape index (κ2) is 11.4. The van der Waals surface area contributed by atoms with Crippen molar-refractivity contribution in [1.29, 1.82) is 0 Å². The maximum Gasteiger partial charge on any atom is 0.251 e. The fourth-order valence-electron chi connectivity index (χ4n) is 3.75. The van der Waals surface area contributed by atoms with Crippen LogP contribution < -0.4 is 10.1 Å². The van der Waals surface area contributed by atoms with Crippen molar-refractivity contribution in [2.24, 2.45) is 0 Å². The predicted molar refractivity (Wildman–Crippen MR) is 125 cm³/mol. The number of carbonyl (C=O) groups excluding carboxylic acids is 1. The standard InChI is InChI=1S/C24H32N2O5S/c1-26(22-9-12-30-13-10-22)11-14-31-23-8-4-5-19(16-23)17-25-24(27)21-7-3-6-20(15-21)18-32(2,28)29/h3-8,15-16,22H,9-14,17-18H2,1-2H3,(H,25,27). The third-order valence-corrected chi connectivity index (χ3v) is 6.35. The number of benzene rings is 2. The molecule has 2 aromatic carbocycles. The Labute approximate surface area is 190 Å². The molecule has 1 heterocycles. The largest absolute Gasteiger partial charge is 0.492 e. The number of carbonyl (C=O) groups is 1. The van der Waals surface area contributed by atoms with E-state index in [4.69, 9.17) is 9.47 Å². The molecule has 1 fully saturated rings. The van der Waals surface area contributed by atoms with Gasteiger partial charge in [0.1, 0.15) is 12.4 Å². The molecule has 0 bridgehead atoms. The minimum absolute atomic E-state index is 0.0861. The summed E-state index contributed by atoms with van der Waals surface area (Å²) in [4.78, 5) is 14.8. The lowest BCUT2D eigenvalue weighted by molar-refractivity contribution is 0.0392. The lowest BCUT2D eigenvalue weighted by Gasteiger charge is -2.31. The Bertz CT molecular complexity index is 1000. The zero-order valence-corrected chi connectivity index (χ0v) is 19.6. The van der Waals surface area contributed by atoms with Gasteiger partial charge in [-0.3, -0.25) is 9.69 Å². The van der Waals surface area contributed by atoms with Crippen molar-refractivity contribution in [1.82, 2.24) is 10.2 Å². The third kappa shape index (κ3) is 7.93. The Morgan fingerprint density at radius 3 is 2.59 bits per heavy atom. The van der Waals surface area contributed by atoms with Crippen molar-refractivity contribution in [2.75, 3.05) is 39.7 Å². The summed E-state index contributed by atoms with van der Waals surface area (Å²) in [6, 6.07) is 14.9. The van der Waals surface area contributed by atoms with Crippen LogP contribution in [0.1, 0.15) is 34.3 Å². The topological polar surface area (TPSA) is 84.9 Å². The van der Waals surface area contributed by atoms with Gasteiger partial charge in [0.2, 0.25) is 0 Å². The molecule has 1 amide bonds. The average molecular weight is 461 g/mol. The van der Waals surface area contributed by atoms with E-state index in [1.807, 2.05) is 24.3 Å². The van der Waals surface area contributed by atoms with Gasteiger partial charge in [-0.05, 0) is 55.3 Å². The Hall–Kier alpha value is -2.42.